The van der Waals surface area contributed by atoms with Crippen molar-refractivity contribution >= 4 is 10.8 Å². The number of fused-ring (bicyclic) bond motifs is 1. The van der Waals surface area contributed by atoms with Gasteiger partial charge in [-0.25, -0.2) is 0 Å². The van der Waals surface area contributed by atoms with Gasteiger partial charge in [0.2, 0.25) is 0 Å². The van der Waals surface area contributed by atoms with Gasteiger partial charge >= 0.3 is 5.95 Å². The number of hydrogen-bond donors (Lipinski definition) is 1. The summed E-state index contributed by atoms with van der Waals surface area (Å²) in [5, 5.41) is 10.9. The van der Waals surface area contributed by atoms with E-state index in [0.717, 1.165) is 10.8 Å². The Morgan fingerprint density at radius 3 is 2.62 bits per heavy atom. The zero-order chi connectivity index (χ0) is 9.26. The van der Waals surface area contributed by atoms with Gasteiger partial charge in [-0.3, -0.25) is 4.42 Å². The summed E-state index contributed by atoms with van der Waals surface area (Å²) in [4.78, 5) is 0. The van der Waals surface area contributed by atoms with Crippen molar-refractivity contribution in [1.29, 1.82) is 0 Å². The second-order valence-corrected chi connectivity index (χ2v) is 2.66. The Kier molecular flexibility index (Phi) is 1.77. The van der Waals surface area contributed by atoms with Crippen LogP contribution in [0.15, 0.2) is 34.9 Å². The Morgan fingerprint density at radius 2 is 1.92 bits per heavy atom. The number of rotatable bonds is 1. The lowest BCUT2D eigenvalue weighted by Gasteiger charge is -1.96. The molecule has 2 rings (SSSR count). The largest absolute Gasteiger partial charge is 0.526 e. The fourth-order valence-corrected chi connectivity index (χ4v) is 1.28. The highest BCUT2D eigenvalue weighted by Gasteiger charge is 2.15. The van der Waals surface area contributed by atoms with Crippen molar-refractivity contribution in [2.45, 2.75) is 0 Å². The summed E-state index contributed by atoms with van der Waals surface area (Å²) < 4.78 is 10.1. The van der Waals surface area contributed by atoms with Crippen molar-refractivity contribution in [3.63, 3.8) is 0 Å². The molecule has 0 saturated heterocycles. The maximum atomic E-state index is 9.44. The van der Waals surface area contributed by atoms with Gasteiger partial charge in [0.15, 0.2) is 12.9 Å². The molecule has 2 aromatic rings. The van der Waals surface area contributed by atoms with E-state index in [2.05, 4.69) is 0 Å². The Bertz CT molecular complexity index is 437. The van der Waals surface area contributed by atoms with Crippen molar-refractivity contribution < 1.29 is 14.3 Å². The summed E-state index contributed by atoms with van der Waals surface area (Å²) in [5.41, 5.74) is 0. The van der Waals surface area contributed by atoms with Crippen LogP contribution in [-0.4, -0.2) is 12.2 Å². The maximum absolute atomic E-state index is 9.44. The number of methoxy groups -OCH3 is 1. The molecule has 0 unspecified atom stereocenters. The number of hydrogen-bond acceptors (Lipinski definition) is 2. The smallest absolute Gasteiger partial charge is 0.502 e. The molecule has 0 aliphatic carbocycles. The molecular weight excluding hydrogens is 168 g/mol. The first-order valence-corrected chi connectivity index (χ1v) is 3.89. The summed E-state index contributed by atoms with van der Waals surface area (Å²) in [7, 11) is 1.53. The van der Waals surface area contributed by atoms with E-state index >= 15 is 0 Å². The van der Waals surface area contributed by atoms with Crippen LogP contribution in [0.3, 0.4) is 0 Å². The van der Waals surface area contributed by atoms with Crippen LogP contribution in [-0.2, 0) is 0 Å². The van der Waals surface area contributed by atoms with E-state index in [1.807, 2.05) is 24.3 Å². The summed E-state index contributed by atoms with van der Waals surface area (Å²) in [6.07, 6.45) is 1.27. The maximum Gasteiger partial charge on any atom is 0.526 e. The van der Waals surface area contributed by atoms with Gasteiger partial charge < -0.3 is 9.84 Å². The molecule has 0 saturated carbocycles. The third kappa shape index (κ3) is 1.18. The summed E-state index contributed by atoms with van der Waals surface area (Å²) in [6.45, 7) is 0. The van der Waals surface area contributed by atoms with E-state index in [1.165, 1.54) is 13.4 Å². The van der Waals surface area contributed by atoms with Gasteiger partial charge in [-0.15, -0.1) is 0 Å². The normalized spacial score (nSPS) is 10.2. The minimum Gasteiger partial charge on any atom is -0.502 e. The fourth-order valence-electron chi connectivity index (χ4n) is 1.28. The first kappa shape index (κ1) is 7.86. The Morgan fingerprint density at radius 1 is 1.23 bits per heavy atom. The van der Waals surface area contributed by atoms with Gasteiger partial charge in [0.05, 0.1) is 0 Å². The van der Waals surface area contributed by atoms with E-state index in [4.69, 9.17) is 9.15 Å². The SMILES string of the molecule is COc1[o+]cc(O)c2ccccc12. The molecule has 0 aliphatic rings. The lowest BCUT2D eigenvalue weighted by molar-refractivity contribution is 0.297. The van der Waals surface area contributed by atoms with Crippen LogP contribution >= 0.6 is 0 Å². The highest BCUT2D eigenvalue weighted by Crippen LogP contribution is 2.31. The molecule has 3 heteroatoms. The molecule has 0 amide bonds. The van der Waals surface area contributed by atoms with Crippen molar-refractivity contribution in [3.8, 4) is 11.7 Å². The lowest BCUT2D eigenvalue weighted by atomic mass is 10.2. The standard InChI is InChI=1S/C10H8O3/c1-12-10-8-5-3-2-4-7(8)9(11)6-13-10/h2-6H,1H3/p+1. The van der Waals surface area contributed by atoms with Crippen LogP contribution in [0, 0.1) is 0 Å². The molecule has 66 valence electrons. The predicted octanol–water partition coefficient (Wildman–Crippen LogP) is 2.43. The quantitative estimate of drug-likeness (QED) is 0.680. The van der Waals surface area contributed by atoms with Gasteiger partial charge in [0, 0.05) is 5.39 Å². The topological polar surface area (TPSA) is 40.8 Å². The molecule has 1 aromatic heterocycles. The molecule has 0 fully saturated rings. The van der Waals surface area contributed by atoms with Gasteiger partial charge in [-0.05, 0) is 12.1 Å². The Hall–Kier alpha value is -1.77. The van der Waals surface area contributed by atoms with Crippen LogP contribution < -0.4 is 4.74 Å². The molecule has 0 atom stereocenters. The highest BCUT2D eigenvalue weighted by atomic mass is 16.6. The predicted molar refractivity (Wildman–Crippen MR) is 48.8 cm³/mol. The van der Waals surface area contributed by atoms with Gasteiger partial charge in [-0.2, -0.15) is 0 Å². The summed E-state index contributed by atoms with van der Waals surface area (Å²) >= 11 is 0. The van der Waals surface area contributed by atoms with Crippen molar-refractivity contribution in [3.05, 3.63) is 30.5 Å². The van der Waals surface area contributed by atoms with Gasteiger partial charge in [-0.1, -0.05) is 12.1 Å². The van der Waals surface area contributed by atoms with Crippen molar-refractivity contribution in [2.24, 2.45) is 0 Å². The number of aromatic hydroxyl groups is 1. The zero-order valence-electron chi connectivity index (χ0n) is 7.15. The Balaban J connectivity index is 2.84. The Labute approximate surface area is 75.2 Å². The molecule has 0 spiro atoms. The molecule has 3 nitrogen and oxygen atoms in total. The van der Waals surface area contributed by atoms with Crippen LogP contribution in [0.5, 0.6) is 11.7 Å². The van der Waals surface area contributed by atoms with Gasteiger partial charge in [0.25, 0.3) is 6.26 Å². The van der Waals surface area contributed by atoms with E-state index < -0.39 is 0 Å². The van der Waals surface area contributed by atoms with E-state index in [9.17, 15) is 5.11 Å². The first-order chi connectivity index (χ1) is 6.33. The minimum absolute atomic E-state index is 0.122. The van der Waals surface area contributed by atoms with Crippen LogP contribution in [0.2, 0.25) is 0 Å². The number of benzene rings is 1. The second-order valence-electron chi connectivity index (χ2n) is 2.66. The molecule has 0 radical (unpaired) electrons. The van der Waals surface area contributed by atoms with Gasteiger partial charge in [0.1, 0.15) is 5.39 Å². The lowest BCUT2D eigenvalue weighted by Crippen LogP contribution is -1.84. The minimum atomic E-state index is 0.122. The monoisotopic (exact) mass is 177 g/mol. The van der Waals surface area contributed by atoms with Crippen LogP contribution in [0.1, 0.15) is 0 Å². The third-order valence-corrected chi connectivity index (χ3v) is 1.89. The summed E-state index contributed by atoms with van der Waals surface area (Å²) in [5.74, 6) is 0.532. The average molecular weight is 177 g/mol. The molecule has 0 bridgehead atoms. The van der Waals surface area contributed by atoms with Crippen LogP contribution in [0.25, 0.3) is 10.8 Å². The fraction of sp³-hybridized carbons (Fsp3) is 0.100. The molecule has 1 N–H and O–H groups in total. The van der Waals surface area contributed by atoms with Crippen LogP contribution in [0.4, 0.5) is 0 Å². The van der Waals surface area contributed by atoms with Crippen molar-refractivity contribution in [2.75, 3.05) is 7.11 Å². The van der Waals surface area contributed by atoms with E-state index in [1.54, 1.807) is 0 Å². The molecule has 1 aromatic carbocycles. The third-order valence-electron chi connectivity index (χ3n) is 1.89. The van der Waals surface area contributed by atoms with E-state index in [0.29, 0.717) is 5.95 Å². The number of ether oxygens (including phenoxy) is 1. The molecule has 13 heavy (non-hydrogen) atoms. The zero-order valence-corrected chi connectivity index (χ0v) is 7.15. The first-order valence-electron chi connectivity index (χ1n) is 3.89. The molecular formula is C10H9O3+. The average Bonchev–Trinajstić information content (AvgIpc) is 2.19. The summed E-state index contributed by atoms with van der Waals surface area (Å²) in [6, 6.07) is 7.35. The highest BCUT2D eigenvalue weighted by molar-refractivity contribution is 5.90. The molecule has 1 heterocycles. The van der Waals surface area contributed by atoms with Crippen molar-refractivity contribution in [1.82, 2.24) is 0 Å². The molecule has 0 aliphatic heterocycles. The van der Waals surface area contributed by atoms with E-state index in [-0.39, 0.29) is 5.75 Å². The second kappa shape index (κ2) is 2.94.